The van der Waals surface area contributed by atoms with Gasteiger partial charge < -0.3 is 10.1 Å². The Morgan fingerprint density at radius 3 is 2.61 bits per heavy atom. The van der Waals surface area contributed by atoms with E-state index in [0.29, 0.717) is 24.2 Å². The maximum atomic E-state index is 12.7. The van der Waals surface area contributed by atoms with E-state index in [-0.39, 0.29) is 18.1 Å². The van der Waals surface area contributed by atoms with E-state index in [1.807, 2.05) is 13.0 Å². The molecule has 1 aromatic rings. The molecular formula is C17H30N4O2. The highest BCUT2D eigenvalue weighted by atomic mass is 16.5. The van der Waals surface area contributed by atoms with Gasteiger partial charge in [0, 0.05) is 32.8 Å². The summed E-state index contributed by atoms with van der Waals surface area (Å²) >= 11 is 0. The van der Waals surface area contributed by atoms with Gasteiger partial charge in [-0.05, 0) is 32.8 Å². The monoisotopic (exact) mass is 322 g/mol. The first-order valence-electron chi connectivity index (χ1n) is 8.52. The first kappa shape index (κ1) is 17.9. The standard InChI is InChI=1S/C17H30N4O2/c1-7-21-15(8-13(19-21)11(2)3)17(22)18-14-9-20(12(4)5)10-16(14)23-6/h8,11-12,14,16H,7,9-10H2,1-6H3,(H,18,22)/t14-,16-/m1/s1. The lowest BCUT2D eigenvalue weighted by atomic mass is 10.1. The molecule has 6 nitrogen and oxygen atoms in total. The van der Waals surface area contributed by atoms with Crippen LogP contribution in [-0.2, 0) is 11.3 Å². The molecule has 130 valence electrons. The van der Waals surface area contributed by atoms with Gasteiger partial charge in [0.2, 0.25) is 0 Å². The Balaban J connectivity index is 2.12. The summed E-state index contributed by atoms with van der Waals surface area (Å²) in [5.41, 5.74) is 1.59. The normalized spacial score (nSPS) is 22.3. The van der Waals surface area contributed by atoms with Crippen molar-refractivity contribution in [3.05, 3.63) is 17.5 Å². The maximum absolute atomic E-state index is 12.7. The van der Waals surface area contributed by atoms with Crippen molar-refractivity contribution in [2.45, 2.75) is 65.3 Å². The third-order valence-electron chi connectivity index (χ3n) is 4.57. The van der Waals surface area contributed by atoms with E-state index < -0.39 is 0 Å². The van der Waals surface area contributed by atoms with Gasteiger partial charge in [-0.1, -0.05) is 13.8 Å². The van der Waals surface area contributed by atoms with Crippen LogP contribution in [0.4, 0.5) is 0 Å². The van der Waals surface area contributed by atoms with E-state index >= 15 is 0 Å². The Bertz CT molecular complexity index is 539. The average Bonchev–Trinajstić information content (AvgIpc) is 3.10. The molecule has 2 rings (SSSR count). The molecule has 1 fully saturated rings. The highest BCUT2D eigenvalue weighted by Gasteiger charge is 2.35. The number of amides is 1. The van der Waals surface area contributed by atoms with Crippen LogP contribution in [-0.4, -0.2) is 59.0 Å². The number of likely N-dealkylation sites (tertiary alicyclic amines) is 1. The molecule has 0 unspecified atom stereocenters. The lowest BCUT2D eigenvalue weighted by Crippen LogP contribution is -2.44. The number of carbonyl (C=O) groups is 1. The van der Waals surface area contributed by atoms with E-state index in [9.17, 15) is 4.79 Å². The second-order valence-electron chi connectivity index (χ2n) is 6.83. The van der Waals surface area contributed by atoms with Gasteiger partial charge in [0.05, 0.1) is 17.8 Å². The van der Waals surface area contributed by atoms with Crippen LogP contribution in [0.25, 0.3) is 0 Å². The molecule has 0 aliphatic carbocycles. The minimum atomic E-state index is -0.0658. The van der Waals surface area contributed by atoms with Crippen molar-refractivity contribution in [2.75, 3.05) is 20.2 Å². The quantitative estimate of drug-likeness (QED) is 0.868. The van der Waals surface area contributed by atoms with Gasteiger partial charge in [-0.15, -0.1) is 0 Å². The Morgan fingerprint density at radius 1 is 1.39 bits per heavy atom. The first-order chi connectivity index (χ1) is 10.9. The molecule has 1 aromatic heterocycles. The van der Waals surface area contributed by atoms with Gasteiger partial charge in [0.25, 0.3) is 5.91 Å². The number of ether oxygens (including phenoxy) is 1. The molecule has 2 heterocycles. The van der Waals surface area contributed by atoms with Crippen LogP contribution in [0.1, 0.15) is 56.7 Å². The summed E-state index contributed by atoms with van der Waals surface area (Å²) in [4.78, 5) is 15.0. The van der Waals surface area contributed by atoms with E-state index in [2.05, 4.69) is 43.0 Å². The van der Waals surface area contributed by atoms with Crippen molar-refractivity contribution in [3.63, 3.8) is 0 Å². The van der Waals surface area contributed by atoms with E-state index in [0.717, 1.165) is 18.8 Å². The van der Waals surface area contributed by atoms with Crippen LogP contribution < -0.4 is 5.32 Å². The zero-order valence-electron chi connectivity index (χ0n) is 15.2. The molecule has 1 saturated heterocycles. The van der Waals surface area contributed by atoms with Gasteiger partial charge in [-0.25, -0.2) is 0 Å². The van der Waals surface area contributed by atoms with Gasteiger partial charge in [0.15, 0.2) is 0 Å². The SMILES string of the molecule is CCn1nc(C(C)C)cc1C(=O)N[C@@H]1CN(C(C)C)C[C@H]1OC. The lowest BCUT2D eigenvalue weighted by molar-refractivity contribution is 0.0747. The minimum Gasteiger partial charge on any atom is -0.378 e. The molecule has 0 aromatic carbocycles. The molecule has 1 amide bonds. The molecule has 6 heteroatoms. The van der Waals surface area contributed by atoms with Crippen molar-refractivity contribution in [1.82, 2.24) is 20.0 Å². The summed E-state index contributed by atoms with van der Waals surface area (Å²) < 4.78 is 7.34. The van der Waals surface area contributed by atoms with Crippen molar-refractivity contribution in [1.29, 1.82) is 0 Å². The number of nitrogens with one attached hydrogen (secondary N) is 1. The van der Waals surface area contributed by atoms with Gasteiger partial charge in [-0.2, -0.15) is 5.10 Å². The molecule has 0 bridgehead atoms. The van der Waals surface area contributed by atoms with Crippen molar-refractivity contribution < 1.29 is 9.53 Å². The Kier molecular flexibility index (Phi) is 5.81. The molecule has 23 heavy (non-hydrogen) atoms. The smallest absolute Gasteiger partial charge is 0.269 e. The predicted molar refractivity (Wildman–Crippen MR) is 90.8 cm³/mol. The molecular weight excluding hydrogens is 292 g/mol. The molecule has 0 radical (unpaired) electrons. The average molecular weight is 322 g/mol. The number of hydrogen-bond donors (Lipinski definition) is 1. The summed E-state index contributed by atoms with van der Waals surface area (Å²) in [6, 6.07) is 2.36. The van der Waals surface area contributed by atoms with Crippen LogP contribution in [0, 0.1) is 0 Å². The van der Waals surface area contributed by atoms with Crippen LogP contribution in [0.2, 0.25) is 0 Å². The zero-order valence-corrected chi connectivity index (χ0v) is 15.2. The van der Waals surface area contributed by atoms with Crippen molar-refractivity contribution >= 4 is 5.91 Å². The molecule has 2 atom stereocenters. The number of carbonyl (C=O) groups excluding carboxylic acids is 1. The molecule has 0 spiro atoms. The summed E-state index contributed by atoms with van der Waals surface area (Å²) in [7, 11) is 1.71. The number of nitrogens with zero attached hydrogens (tertiary/aromatic N) is 3. The van der Waals surface area contributed by atoms with E-state index in [4.69, 9.17) is 4.74 Å². The molecule has 1 aliphatic rings. The van der Waals surface area contributed by atoms with Gasteiger partial charge in [-0.3, -0.25) is 14.4 Å². The maximum Gasteiger partial charge on any atom is 0.269 e. The fraction of sp³-hybridized carbons (Fsp3) is 0.765. The minimum absolute atomic E-state index is 0.0117. The van der Waals surface area contributed by atoms with Crippen molar-refractivity contribution in [3.8, 4) is 0 Å². The third-order valence-corrected chi connectivity index (χ3v) is 4.57. The van der Waals surface area contributed by atoms with Crippen LogP contribution in [0.5, 0.6) is 0 Å². The number of hydrogen-bond acceptors (Lipinski definition) is 4. The van der Waals surface area contributed by atoms with Crippen LogP contribution in [0.3, 0.4) is 0 Å². The fourth-order valence-corrected chi connectivity index (χ4v) is 2.99. The largest absolute Gasteiger partial charge is 0.378 e. The Hall–Kier alpha value is -1.40. The third kappa shape index (κ3) is 3.93. The van der Waals surface area contributed by atoms with Crippen LogP contribution >= 0.6 is 0 Å². The predicted octanol–water partition coefficient (Wildman–Crippen LogP) is 1.86. The number of rotatable bonds is 6. The second-order valence-corrected chi connectivity index (χ2v) is 6.83. The Labute approximate surface area is 139 Å². The first-order valence-corrected chi connectivity index (χ1v) is 8.52. The lowest BCUT2D eigenvalue weighted by Gasteiger charge is -2.20. The number of methoxy groups -OCH3 is 1. The highest BCUT2D eigenvalue weighted by Crippen LogP contribution is 2.18. The molecule has 1 aliphatic heterocycles. The number of aryl methyl sites for hydroxylation is 1. The highest BCUT2D eigenvalue weighted by molar-refractivity contribution is 5.93. The van der Waals surface area contributed by atoms with E-state index in [1.54, 1.807) is 11.8 Å². The second kappa shape index (κ2) is 7.45. The Morgan fingerprint density at radius 2 is 2.09 bits per heavy atom. The van der Waals surface area contributed by atoms with Gasteiger partial charge in [0.1, 0.15) is 5.69 Å². The summed E-state index contributed by atoms with van der Waals surface area (Å²) in [6.45, 7) is 12.9. The van der Waals surface area contributed by atoms with Gasteiger partial charge >= 0.3 is 0 Å². The zero-order chi connectivity index (χ0) is 17.1. The molecule has 1 N–H and O–H groups in total. The summed E-state index contributed by atoms with van der Waals surface area (Å²) in [5, 5.41) is 7.66. The topological polar surface area (TPSA) is 59.4 Å². The van der Waals surface area contributed by atoms with Crippen LogP contribution in [0.15, 0.2) is 6.07 Å². The van der Waals surface area contributed by atoms with E-state index in [1.165, 1.54) is 0 Å². The summed E-state index contributed by atoms with van der Waals surface area (Å²) in [6.07, 6.45) is 0.0314. The summed E-state index contributed by atoms with van der Waals surface area (Å²) in [5.74, 6) is 0.243. The van der Waals surface area contributed by atoms with Crippen molar-refractivity contribution in [2.24, 2.45) is 0 Å². The number of aromatic nitrogens is 2. The fourth-order valence-electron chi connectivity index (χ4n) is 2.99. The molecule has 0 saturated carbocycles.